The van der Waals surface area contributed by atoms with E-state index in [1.54, 1.807) is 0 Å². The monoisotopic (exact) mass is 344 g/mol. The average Bonchev–Trinajstić information content (AvgIpc) is 3.07. The summed E-state index contributed by atoms with van der Waals surface area (Å²) in [5.74, 6) is 0.546. The van der Waals surface area contributed by atoms with Crippen LogP contribution in [0.1, 0.15) is 5.56 Å². The predicted octanol–water partition coefficient (Wildman–Crippen LogP) is 3.83. The van der Waals surface area contributed by atoms with Gasteiger partial charge in [0.2, 0.25) is 4.96 Å². The van der Waals surface area contributed by atoms with Gasteiger partial charge in [-0.05, 0) is 18.6 Å². The Hall–Kier alpha value is -3.12. The summed E-state index contributed by atoms with van der Waals surface area (Å²) in [6.45, 7) is 2.02. The molecule has 3 aromatic heterocycles. The van der Waals surface area contributed by atoms with E-state index >= 15 is 0 Å². The Bertz CT molecular complexity index is 1320. The minimum atomic E-state index is -0.186. The highest BCUT2D eigenvalue weighted by Gasteiger charge is 2.14. The molecule has 0 aliphatic heterocycles. The Morgan fingerprint density at radius 2 is 1.84 bits per heavy atom. The molecule has 0 unspecified atom stereocenters. The molecule has 0 amide bonds. The van der Waals surface area contributed by atoms with Crippen molar-refractivity contribution in [2.24, 2.45) is 0 Å². The van der Waals surface area contributed by atoms with Gasteiger partial charge in [-0.25, -0.2) is 4.98 Å². The highest BCUT2D eigenvalue weighted by Crippen LogP contribution is 2.25. The van der Waals surface area contributed by atoms with Crippen molar-refractivity contribution in [3.63, 3.8) is 0 Å². The Labute approximate surface area is 146 Å². The van der Waals surface area contributed by atoms with Crippen molar-refractivity contribution in [2.45, 2.75) is 6.92 Å². The minimum absolute atomic E-state index is 0.186. The Morgan fingerprint density at radius 1 is 1.00 bits per heavy atom. The first kappa shape index (κ1) is 14.2. The summed E-state index contributed by atoms with van der Waals surface area (Å²) in [5, 5.41) is 5.93. The number of hydrogen-bond acceptors (Lipinski definition) is 5. The van der Waals surface area contributed by atoms with Crippen LogP contribution in [0.4, 0.5) is 0 Å². The first-order valence-electron chi connectivity index (χ1n) is 7.86. The van der Waals surface area contributed by atoms with Gasteiger partial charge in [-0.2, -0.15) is 9.50 Å². The maximum atomic E-state index is 12.9. The molecule has 0 spiro atoms. The fourth-order valence-electron chi connectivity index (χ4n) is 2.97. The van der Waals surface area contributed by atoms with Gasteiger partial charge >= 0.3 is 0 Å². The molecule has 5 aromatic rings. The second-order valence-electron chi connectivity index (χ2n) is 5.89. The van der Waals surface area contributed by atoms with Crippen molar-refractivity contribution in [3.05, 3.63) is 70.5 Å². The number of benzene rings is 2. The lowest BCUT2D eigenvalue weighted by Gasteiger charge is -2.03. The molecule has 0 fully saturated rings. The number of nitrogens with zero attached hydrogens (tertiary/aromatic N) is 4. The second-order valence-corrected chi connectivity index (χ2v) is 6.85. The SMILES string of the molecule is Cc1cccc2cc3c(=O)n4nc(-c5ccccc5)nc4sc3nc12. The molecule has 0 bridgehead atoms. The molecule has 0 aliphatic carbocycles. The molecular weight excluding hydrogens is 332 g/mol. The van der Waals surface area contributed by atoms with Crippen LogP contribution in [0, 0.1) is 6.92 Å². The molecule has 0 saturated heterocycles. The number of para-hydroxylation sites is 1. The van der Waals surface area contributed by atoms with Gasteiger partial charge in [0.15, 0.2) is 5.82 Å². The van der Waals surface area contributed by atoms with E-state index in [4.69, 9.17) is 4.98 Å². The highest BCUT2D eigenvalue weighted by molar-refractivity contribution is 7.22. The lowest BCUT2D eigenvalue weighted by Crippen LogP contribution is -2.13. The third-order valence-corrected chi connectivity index (χ3v) is 5.18. The molecule has 2 aromatic carbocycles. The van der Waals surface area contributed by atoms with E-state index in [9.17, 15) is 4.79 Å². The first-order chi connectivity index (χ1) is 12.2. The Morgan fingerprint density at radius 3 is 2.68 bits per heavy atom. The van der Waals surface area contributed by atoms with Gasteiger partial charge in [-0.15, -0.1) is 5.10 Å². The van der Waals surface area contributed by atoms with E-state index < -0.39 is 0 Å². The van der Waals surface area contributed by atoms with Crippen LogP contribution in [0.15, 0.2) is 59.4 Å². The van der Waals surface area contributed by atoms with E-state index in [-0.39, 0.29) is 5.56 Å². The van der Waals surface area contributed by atoms with Crippen molar-refractivity contribution in [2.75, 3.05) is 0 Å². The van der Waals surface area contributed by atoms with Gasteiger partial charge in [-0.3, -0.25) is 4.79 Å². The zero-order valence-corrected chi connectivity index (χ0v) is 14.1. The van der Waals surface area contributed by atoms with Gasteiger partial charge < -0.3 is 0 Å². The lowest BCUT2D eigenvalue weighted by molar-refractivity contribution is 0.943. The number of hydrogen-bond donors (Lipinski definition) is 0. The van der Waals surface area contributed by atoms with Gasteiger partial charge in [0.05, 0.1) is 10.9 Å². The zero-order valence-electron chi connectivity index (χ0n) is 13.3. The molecule has 0 radical (unpaired) electrons. The molecule has 25 heavy (non-hydrogen) atoms. The standard InChI is InChI=1S/C19H12N4OS/c1-11-6-5-9-13-10-14-17(20-15(11)13)25-19-21-16(22-23(19)18(14)24)12-7-3-2-4-8-12/h2-10H,1H3. The molecule has 0 aliphatic rings. The number of aryl methyl sites for hydroxylation is 1. The van der Waals surface area contributed by atoms with E-state index in [1.165, 1.54) is 15.9 Å². The summed E-state index contributed by atoms with van der Waals surface area (Å²) in [6, 6.07) is 17.5. The molecule has 0 atom stereocenters. The first-order valence-corrected chi connectivity index (χ1v) is 8.68. The lowest BCUT2D eigenvalue weighted by atomic mass is 10.1. The quantitative estimate of drug-likeness (QED) is 0.434. The molecular formula is C19H12N4OS. The maximum Gasteiger partial charge on any atom is 0.283 e. The Balaban J connectivity index is 1.86. The fraction of sp³-hybridized carbons (Fsp3) is 0.0526. The highest BCUT2D eigenvalue weighted by atomic mass is 32.1. The molecule has 120 valence electrons. The van der Waals surface area contributed by atoms with E-state index in [0.29, 0.717) is 21.0 Å². The topological polar surface area (TPSA) is 60.2 Å². The van der Waals surface area contributed by atoms with Crippen LogP contribution in [-0.4, -0.2) is 19.6 Å². The number of rotatable bonds is 1. The van der Waals surface area contributed by atoms with E-state index in [0.717, 1.165) is 22.0 Å². The number of pyridine rings is 1. The van der Waals surface area contributed by atoms with Crippen molar-refractivity contribution in [1.82, 2.24) is 19.6 Å². The molecule has 5 nitrogen and oxygen atoms in total. The molecule has 6 heteroatoms. The van der Waals surface area contributed by atoms with Crippen LogP contribution in [0.3, 0.4) is 0 Å². The number of fused-ring (bicyclic) bond motifs is 3. The molecule has 5 rings (SSSR count). The average molecular weight is 344 g/mol. The van der Waals surface area contributed by atoms with Gasteiger partial charge in [0, 0.05) is 10.9 Å². The summed E-state index contributed by atoms with van der Waals surface area (Å²) < 4.78 is 1.37. The normalized spacial score (nSPS) is 11.6. The fourth-order valence-corrected chi connectivity index (χ4v) is 3.88. The largest absolute Gasteiger partial charge is 0.283 e. The van der Waals surface area contributed by atoms with Gasteiger partial charge in [0.1, 0.15) is 4.83 Å². The van der Waals surface area contributed by atoms with Crippen molar-refractivity contribution >= 4 is 37.4 Å². The van der Waals surface area contributed by atoms with Crippen LogP contribution in [0.2, 0.25) is 0 Å². The van der Waals surface area contributed by atoms with E-state index in [2.05, 4.69) is 10.1 Å². The van der Waals surface area contributed by atoms with Crippen LogP contribution in [0.25, 0.3) is 37.5 Å². The molecule has 3 heterocycles. The summed E-state index contributed by atoms with van der Waals surface area (Å²) in [7, 11) is 0. The van der Waals surface area contributed by atoms with Gasteiger partial charge in [0.25, 0.3) is 5.56 Å². The van der Waals surface area contributed by atoms with Crippen LogP contribution < -0.4 is 5.56 Å². The summed E-state index contributed by atoms with van der Waals surface area (Å²) in [6.07, 6.45) is 0. The van der Waals surface area contributed by atoms with Crippen molar-refractivity contribution in [1.29, 1.82) is 0 Å². The van der Waals surface area contributed by atoms with Crippen molar-refractivity contribution < 1.29 is 0 Å². The van der Waals surface area contributed by atoms with E-state index in [1.807, 2.05) is 61.5 Å². The molecule has 0 N–H and O–H groups in total. The Kier molecular flexibility index (Phi) is 2.96. The van der Waals surface area contributed by atoms with Crippen LogP contribution in [0.5, 0.6) is 0 Å². The summed E-state index contributed by atoms with van der Waals surface area (Å²) in [4.78, 5) is 23.4. The third-order valence-electron chi connectivity index (χ3n) is 4.23. The van der Waals surface area contributed by atoms with Crippen LogP contribution in [-0.2, 0) is 0 Å². The second kappa shape index (κ2) is 5.19. The smallest absolute Gasteiger partial charge is 0.267 e. The predicted molar refractivity (Wildman–Crippen MR) is 100 cm³/mol. The molecule has 0 saturated carbocycles. The van der Waals surface area contributed by atoms with Crippen molar-refractivity contribution in [3.8, 4) is 11.4 Å². The number of aromatic nitrogens is 4. The zero-order chi connectivity index (χ0) is 17.0. The summed E-state index contributed by atoms with van der Waals surface area (Å²) in [5.41, 5.74) is 2.70. The minimum Gasteiger partial charge on any atom is -0.267 e. The summed E-state index contributed by atoms with van der Waals surface area (Å²) >= 11 is 1.38. The van der Waals surface area contributed by atoms with Gasteiger partial charge in [-0.1, -0.05) is 59.9 Å². The maximum absolute atomic E-state index is 12.9. The van der Waals surface area contributed by atoms with Crippen LogP contribution >= 0.6 is 11.3 Å². The third kappa shape index (κ3) is 2.15.